The molecule has 2 aromatic carbocycles. The van der Waals surface area contributed by atoms with E-state index in [2.05, 4.69) is 34.9 Å². The predicted octanol–water partition coefficient (Wildman–Crippen LogP) is 1.52. The van der Waals surface area contributed by atoms with Crippen molar-refractivity contribution in [2.75, 3.05) is 13.6 Å². The Morgan fingerprint density at radius 3 is 1.84 bits per heavy atom. The van der Waals surface area contributed by atoms with Crippen LogP contribution in [-0.2, 0) is 4.79 Å². The van der Waals surface area contributed by atoms with Gasteiger partial charge in [0.25, 0.3) is 5.91 Å². The van der Waals surface area contributed by atoms with Gasteiger partial charge in [0.05, 0.1) is 7.05 Å². The van der Waals surface area contributed by atoms with Crippen LogP contribution in [0.25, 0.3) is 0 Å². The Morgan fingerprint density at radius 1 is 0.920 bits per heavy atom. The predicted molar refractivity (Wildman–Crippen MR) is 98.3 cm³/mol. The number of quaternary nitrogens is 1. The molecule has 2 rings (SSSR count). The lowest BCUT2D eigenvalue weighted by atomic mass is 9.97. The molecule has 0 fully saturated rings. The number of benzene rings is 2. The normalized spacial score (nSPS) is 12.0. The number of imide groups is 1. The zero-order chi connectivity index (χ0) is 18.2. The molecule has 1 atom stereocenters. The summed E-state index contributed by atoms with van der Waals surface area (Å²) in [7, 11) is 1.96. The smallest absolute Gasteiger partial charge is 0.321 e. The molecule has 0 aliphatic rings. The van der Waals surface area contributed by atoms with Crippen molar-refractivity contribution >= 4 is 11.9 Å². The third-order valence-electron chi connectivity index (χ3n) is 3.87. The van der Waals surface area contributed by atoms with Gasteiger partial charge in [0.1, 0.15) is 6.04 Å². The standard InChI is InChI=1S/C20H25N3O2/c1-15(2)21-20(25)22-18(24)14-23(3)19(16-10-6-4-7-11-16)17-12-8-5-9-13-17/h4-13,15,19H,14H2,1-3H3,(H2,21,22,24,25)/p+1. The number of carbonyl (C=O) groups is 2. The third-order valence-corrected chi connectivity index (χ3v) is 3.87. The highest BCUT2D eigenvalue weighted by Gasteiger charge is 2.25. The second-order valence-electron chi connectivity index (χ2n) is 6.45. The first-order chi connectivity index (χ1) is 12.0. The Balaban J connectivity index is 2.12. The van der Waals surface area contributed by atoms with E-state index in [-0.39, 0.29) is 24.5 Å². The van der Waals surface area contributed by atoms with Crippen LogP contribution < -0.4 is 15.5 Å². The highest BCUT2D eigenvalue weighted by atomic mass is 16.2. The Labute approximate surface area is 149 Å². The molecule has 0 bridgehead atoms. The summed E-state index contributed by atoms with van der Waals surface area (Å²) in [5.41, 5.74) is 2.26. The van der Waals surface area contributed by atoms with Gasteiger partial charge >= 0.3 is 6.03 Å². The van der Waals surface area contributed by atoms with Crippen molar-refractivity contribution in [2.45, 2.75) is 25.9 Å². The van der Waals surface area contributed by atoms with E-state index in [0.29, 0.717) is 0 Å². The molecule has 2 aromatic rings. The molecule has 5 heteroatoms. The van der Waals surface area contributed by atoms with Crippen LogP contribution in [0.1, 0.15) is 31.0 Å². The van der Waals surface area contributed by atoms with Crippen LogP contribution in [0.3, 0.4) is 0 Å². The minimum atomic E-state index is -0.455. The summed E-state index contributed by atoms with van der Waals surface area (Å²) in [6, 6.07) is 19.7. The van der Waals surface area contributed by atoms with Crippen molar-refractivity contribution < 1.29 is 14.5 Å². The number of amides is 3. The number of likely N-dealkylation sites (N-methyl/N-ethyl adjacent to an activating group) is 1. The fraction of sp³-hybridized carbons (Fsp3) is 0.300. The molecule has 0 aliphatic carbocycles. The van der Waals surface area contributed by atoms with E-state index in [9.17, 15) is 9.59 Å². The summed E-state index contributed by atoms with van der Waals surface area (Å²) in [6.07, 6.45) is 0. The second kappa shape index (κ2) is 8.99. The van der Waals surface area contributed by atoms with Crippen molar-refractivity contribution in [2.24, 2.45) is 0 Å². The van der Waals surface area contributed by atoms with Gasteiger partial charge < -0.3 is 10.2 Å². The molecule has 0 heterocycles. The average molecular weight is 340 g/mol. The van der Waals surface area contributed by atoms with Crippen LogP contribution >= 0.6 is 0 Å². The van der Waals surface area contributed by atoms with Crippen LogP contribution in [0.4, 0.5) is 4.79 Å². The van der Waals surface area contributed by atoms with E-state index in [1.807, 2.05) is 57.3 Å². The zero-order valence-corrected chi connectivity index (χ0v) is 15.0. The number of rotatable bonds is 6. The molecule has 0 saturated heterocycles. The van der Waals surface area contributed by atoms with Crippen molar-refractivity contribution in [1.82, 2.24) is 10.6 Å². The Bertz CT molecular complexity index is 647. The van der Waals surface area contributed by atoms with Crippen molar-refractivity contribution in [3.63, 3.8) is 0 Å². The highest BCUT2D eigenvalue weighted by molar-refractivity contribution is 5.94. The summed E-state index contributed by atoms with van der Waals surface area (Å²) in [5.74, 6) is -0.299. The van der Waals surface area contributed by atoms with E-state index in [4.69, 9.17) is 0 Å². The molecule has 0 saturated carbocycles. The molecule has 3 N–H and O–H groups in total. The monoisotopic (exact) mass is 340 g/mol. The minimum absolute atomic E-state index is 0.0146. The lowest BCUT2D eigenvalue weighted by molar-refractivity contribution is -0.898. The largest absolute Gasteiger partial charge is 0.336 e. The molecule has 0 aromatic heterocycles. The van der Waals surface area contributed by atoms with Gasteiger partial charge in [-0.3, -0.25) is 10.1 Å². The third kappa shape index (κ3) is 5.72. The van der Waals surface area contributed by atoms with Crippen molar-refractivity contribution in [3.8, 4) is 0 Å². The summed E-state index contributed by atoms with van der Waals surface area (Å²) >= 11 is 0. The van der Waals surface area contributed by atoms with Gasteiger partial charge in [0.2, 0.25) is 0 Å². The quantitative estimate of drug-likeness (QED) is 0.747. The highest BCUT2D eigenvalue weighted by Crippen LogP contribution is 2.18. The molecule has 5 nitrogen and oxygen atoms in total. The van der Waals surface area contributed by atoms with Crippen molar-refractivity contribution in [3.05, 3.63) is 71.8 Å². The maximum atomic E-state index is 12.2. The molecule has 132 valence electrons. The van der Waals surface area contributed by atoms with E-state index >= 15 is 0 Å². The summed E-state index contributed by atoms with van der Waals surface area (Å²) in [6.45, 7) is 3.89. The molecular formula is C20H26N3O2+. The maximum absolute atomic E-state index is 12.2. The van der Waals surface area contributed by atoms with Gasteiger partial charge in [-0.1, -0.05) is 60.7 Å². The van der Waals surface area contributed by atoms with Gasteiger partial charge in [0.15, 0.2) is 6.54 Å². The Hall–Kier alpha value is -2.66. The zero-order valence-electron chi connectivity index (χ0n) is 15.0. The first-order valence-corrected chi connectivity index (χ1v) is 8.50. The van der Waals surface area contributed by atoms with Crippen LogP contribution in [-0.4, -0.2) is 31.6 Å². The first kappa shape index (κ1) is 18.7. The summed E-state index contributed by atoms with van der Waals surface area (Å²) in [5, 5.41) is 5.05. The minimum Gasteiger partial charge on any atom is -0.336 e. The first-order valence-electron chi connectivity index (χ1n) is 8.50. The van der Waals surface area contributed by atoms with E-state index < -0.39 is 6.03 Å². The number of urea groups is 1. The number of hydrogen-bond donors (Lipinski definition) is 3. The summed E-state index contributed by atoms with van der Waals surface area (Å²) < 4.78 is 0. The number of carbonyl (C=O) groups excluding carboxylic acids is 2. The molecule has 0 aliphatic heterocycles. The van der Waals surface area contributed by atoms with E-state index in [1.165, 1.54) is 0 Å². The topological polar surface area (TPSA) is 62.6 Å². The van der Waals surface area contributed by atoms with Crippen LogP contribution in [0, 0.1) is 0 Å². The number of hydrogen-bond acceptors (Lipinski definition) is 2. The van der Waals surface area contributed by atoms with Gasteiger partial charge in [0, 0.05) is 17.2 Å². The maximum Gasteiger partial charge on any atom is 0.321 e. The fourth-order valence-corrected chi connectivity index (χ4v) is 2.88. The molecule has 0 radical (unpaired) electrons. The molecule has 25 heavy (non-hydrogen) atoms. The molecule has 1 unspecified atom stereocenters. The van der Waals surface area contributed by atoms with Gasteiger partial charge in [-0.05, 0) is 13.8 Å². The molecule has 3 amide bonds. The van der Waals surface area contributed by atoms with Crippen molar-refractivity contribution in [1.29, 1.82) is 0 Å². The summed E-state index contributed by atoms with van der Waals surface area (Å²) in [4.78, 5) is 24.9. The molecule has 0 spiro atoms. The van der Waals surface area contributed by atoms with Crippen LogP contribution in [0.15, 0.2) is 60.7 Å². The fourth-order valence-electron chi connectivity index (χ4n) is 2.88. The number of nitrogens with one attached hydrogen (secondary N) is 3. The second-order valence-corrected chi connectivity index (χ2v) is 6.45. The van der Waals surface area contributed by atoms with Gasteiger partial charge in [-0.15, -0.1) is 0 Å². The lowest BCUT2D eigenvalue weighted by Gasteiger charge is -2.25. The molecular weight excluding hydrogens is 314 g/mol. The Morgan fingerprint density at radius 2 is 1.40 bits per heavy atom. The average Bonchev–Trinajstić information content (AvgIpc) is 2.56. The van der Waals surface area contributed by atoms with Gasteiger partial charge in [-0.25, -0.2) is 4.79 Å². The lowest BCUT2D eigenvalue weighted by Crippen LogP contribution is -3.10. The van der Waals surface area contributed by atoms with Crippen LogP contribution in [0.5, 0.6) is 0 Å². The van der Waals surface area contributed by atoms with E-state index in [1.54, 1.807) is 0 Å². The van der Waals surface area contributed by atoms with Gasteiger partial charge in [-0.2, -0.15) is 0 Å². The Kier molecular flexibility index (Phi) is 6.71. The van der Waals surface area contributed by atoms with E-state index in [0.717, 1.165) is 16.0 Å². The SMILES string of the molecule is CC(C)NC(=O)NC(=O)C[NH+](C)C(c1ccccc1)c1ccccc1. The van der Waals surface area contributed by atoms with Crippen LogP contribution in [0.2, 0.25) is 0 Å².